The van der Waals surface area contributed by atoms with E-state index in [2.05, 4.69) is 0 Å². The maximum atomic E-state index is 12.6. The van der Waals surface area contributed by atoms with E-state index in [-0.39, 0.29) is 23.6 Å². The van der Waals surface area contributed by atoms with Gasteiger partial charge in [0.15, 0.2) is 6.61 Å². The van der Waals surface area contributed by atoms with Crippen LogP contribution < -0.4 is 4.90 Å². The van der Waals surface area contributed by atoms with Crippen molar-refractivity contribution in [2.24, 2.45) is 0 Å². The predicted molar refractivity (Wildman–Crippen MR) is 107 cm³/mol. The van der Waals surface area contributed by atoms with Gasteiger partial charge >= 0.3 is 5.97 Å². The Balaban J connectivity index is 2.09. The van der Waals surface area contributed by atoms with Crippen LogP contribution in [0.1, 0.15) is 22.3 Å². The number of halogens is 1. The third kappa shape index (κ3) is 5.75. The van der Waals surface area contributed by atoms with E-state index >= 15 is 0 Å². The first-order chi connectivity index (χ1) is 13.0. The zero-order valence-electron chi connectivity index (χ0n) is 15.1. The minimum atomic E-state index is -0.659. The molecule has 7 heteroatoms. The number of nitrogens with zero attached hydrogens (tertiary/aromatic N) is 2. The summed E-state index contributed by atoms with van der Waals surface area (Å²) in [6.07, 6.45) is 2.06. The third-order valence-corrected chi connectivity index (χ3v) is 4.87. The van der Waals surface area contributed by atoms with Crippen LogP contribution in [0.4, 0.5) is 5.69 Å². The second-order valence-corrected chi connectivity index (χ2v) is 7.00. The van der Waals surface area contributed by atoms with Crippen molar-refractivity contribution in [3.63, 3.8) is 0 Å². The zero-order valence-corrected chi connectivity index (χ0v) is 16.6. The van der Waals surface area contributed by atoms with E-state index < -0.39 is 18.5 Å². The molecule has 1 amide bonds. The number of ether oxygens (including phenoxy) is 1. The number of hydrogen-bond donors (Lipinski definition) is 0. The lowest BCUT2D eigenvalue weighted by atomic mass is 10.2. The van der Waals surface area contributed by atoms with Crippen LogP contribution in [0.15, 0.2) is 47.4 Å². The van der Waals surface area contributed by atoms with Gasteiger partial charge in [-0.25, -0.2) is 4.79 Å². The summed E-state index contributed by atoms with van der Waals surface area (Å²) in [4.78, 5) is 27.2. The van der Waals surface area contributed by atoms with Crippen molar-refractivity contribution in [1.82, 2.24) is 0 Å². The smallest absolute Gasteiger partial charge is 0.340 e. The van der Waals surface area contributed by atoms with E-state index in [1.54, 1.807) is 30.3 Å². The van der Waals surface area contributed by atoms with Crippen molar-refractivity contribution < 1.29 is 14.3 Å². The molecule has 2 rings (SSSR count). The van der Waals surface area contributed by atoms with Gasteiger partial charge in [0.1, 0.15) is 0 Å². The monoisotopic (exact) mass is 402 g/mol. The minimum absolute atomic E-state index is 0.176. The Kier molecular flexibility index (Phi) is 7.71. The van der Waals surface area contributed by atoms with Crippen LogP contribution in [0, 0.1) is 18.3 Å². The number of hydrogen-bond acceptors (Lipinski definition) is 5. The van der Waals surface area contributed by atoms with Crippen LogP contribution in [-0.2, 0) is 9.53 Å². The average molecular weight is 403 g/mol. The Morgan fingerprint density at radius 1 is 1.22 bits per heavy atom. The van der Waals surface area contributed by atoms with Gasteiger partial charge in [-0.15, -0.1) is 11.8 Å². The number of benzene rings is 2. The van der Waals surface area contributed by atoms with Crippen molar-refractivity contribution >= 4 is 40.9 Å². The second kappa shape index (κ2) is 10.0. The summed E-state index contributed by atoms with van der Waals surface area (Å²) in [5.41, 5.74) is 1.93. The molecule has 0 bridgehead atoms. The fourth-order valence-electron chi connectivity index (χ4n) is 2.36. The number of anilines is 1. The first kappa shape index (κ1) is 20.8. The van der Waals surface area contributed by atoms with E-state index in [0.29, 0.717) is 5.69 Å². The SMILES string of the molecule is CSc1ccc(Cl)c(C(=O)OCC(=O)N(CCC#N)c2ccc(C)cc2)c1. The molecule has 0 aliphatic heterocycles. The third-order valence-electron chi connectivity index (χ3n) is 3.81. The van der Waals surface area contributed by atoms with Gasteiger partial charge in [0, 0.05) is 17.1 Å². The second-order valence-electron chi connectivity index (χ2n) is 5.71. The number of carbonyl (C=O) groups is 2. The van der Waals surface area contributed by atoms with Gasteiger partial charge in [0.2, 0.25) is 0 Å². The van der Waals surface area contributed by atoms with Crippen molar-refractivity contribution in [2.45, 2.75) is 18.2 Å². The zero-order chi connectivity index (χ0) is 19.8. The fraction of sp³-hybridized carbons (Fsp3) is 0.250. The van der Waals surface area contributed by atoms with Crippen LogP contribution in [0.3, 0.4) is 0 Å². The van der Waals surface area contributed by atoms with E-state index in [1.165, 1.54) is 16.7 Å². The van der Waals surface area contributed by atoms with Crippen molar-refractivity contribution in [3.05, 3.63) is 58.6 Å². The molecule has 0 N–H and O–H groups in total. The predicted octanol–water partition coefficient (Wildman–Crippen LogP) is 4.47. The molecule has 0 aliphatic rings. The van der Waals surface area contributed by atoms with Crippen LogP contribution in [0.25, 0.3) is 0 Å². The van der Waals surface area contributed by atoms with E-state index in [0.717, 1.165) is 10.5 Å². The molecule has 2 aromatic carbocycles. The highest BCUT2D eigenvalue weighted by atomic mass is 35.5. The highest BCUT2D eigenvalue weighted by Crippen LogP contribution is 2.24. The van der Waals surface area contributed by atoms with Gasteiger partial charge in [0.25, 0.3) is 5.91 Å². The average Bonchev–Trinajstić information content (AvgIpc) is 2.68. The van der Waals surface area contributed by atoms with Crippen LogP contribution in [0.2, 0.25) is 5.02 Å². The maximum Gasteiger partial charge on any atom is 0.340 e. The lowest BCUT2D eigenvalue weighted by Gasteiger charge is -2.22. The fourth-order valence-corrected chi connectivity index (χ4v) is 2.99. The van der Waals surface area contributed by atoms with Gasteiger partial charge in [0.05, 0.1) is 23.1 Å². The number of amides is 1. The minimum Gasteiger partial charge on any atom is -0.452 e. The summed E-state index contributed by atoms with van der Waals surface area (Å²) in [5, 5.41) is 9.11. The largest absolute Gasteiger partial charge is 0.452 e. The van der Waals surface area contributed by atoms with Gasteiger partial charge in [-0.2, -0.15) is 5.26 Å². The summed E-state index contributed by atoms with van der Waals surface area (Å²) >= 11 is 7.54. The van der Waals surface area contributed by atoms with Gasteiger partial charge in [-0.3, -0.25) is 4.79 Å². The number of esters is 1. The quantitative estimate of drug-likeness (QED) is 0.504. The van der Waals surface area contributed by atoms with Crippen LogP contribution in [0.5, 0.6) is 0 Å². The van der Waals surface area contributed by atoms with Crippen LogP contribution in [-0.4, -0.2) is 31.3 Å². The molecule has 0 aliphatic carbocycles. The Bertz CT molecular complexity index is 863. The standard InChI is InChI=1S/C20H19ClN2O3S/c1-14-4-6-15(7-5-14)23(11-3-10-22)19(24)13-26-20(25)17-12-16(27-2)8-9-18(17)21/h4-9,12H,3,11,13H2,1-2H3. The normalized spacial score (nSPS) is 10.1. The molecule has 0 unspecified atom stereocenters. The molecule has 0 saturated heterocycles. The molecular weight excluding hydrogens is 384 g/mol. The Labute approximate surface area is 167 Å². The molecule has 140 valence electrons. The van der Waals surface area contributed by atoms with Crippen molar-refractivity contribution in [2.75, 3.05) is 24.3 Å². The Morgan fingerprint density at radius 3 is 2.56 bits per heavy atom. The molecule has 0 atom stereocenters. The summed E-state index contributed by atoms with van der Waals surface area (Å²) in [7, 11) is 0. The molecule has 27 heavy (non-hydrogen) atoms. The van der Waals surface area contributed by atoms with Crippen molar-refractivity contribution in [3.8, 4) is 6.07 Å². The molecule has 5 nitrogen and oxygen atoms in total. The van der Waals surface area contributed by atoms with E-state index in [4.69, 9.17) is 21.6 Å². The van der Waals surface area contributed by atoms with Gasteiger partial charge in [-0.05, 0) is 43.5 Å². The van der Waals surface area contributed by atoms with E-state index in [1.807, 2.05) is 31.4 Å². The lowest BCUT2D eigenvalue weighted by Crippen LogP contribution is -2.35. The number of carbonyl (C=O) groups excluding carboxylic acids is 2. The number of nitriles is 1. The lowest BCUT2D eigenvalue weighted by molar-refractivity contribution is -0.121. The van der Waals surface area contributed by atoms with Gasteiger partial charge in [-0.1, -0.05) is 29.3 Å². The highest BCUT2D eigenvalue weighted by molar-refractivity contribution is 7.98. The number of aryl methyl sites for hydroxylation is 1. The van der Waals surface area contributed by atoms with Crippen molar-refractivity contribution in [1.29, 1.82) is 5.26 Å². The summed E-state index contributed by atoms with van der Waals surface area (Å²) in [6.45, 7) is 1.73. The Morgan fingerprint density at radius 2 is 1.93 bits per heavy atom. The number of thioether (sulfide) groups is 1. The molecular formula is C20H19ClN2O3S. The Hall–Kier alpha value is -2.49. The molecule has 0 heterocycles. The molecule has 0 radical (unpaired) electrons. The molecule has 0 aromatic heterocycles. The van der Waals surface area contributed by atoms with Gasteiger partial charge < -0.3 is 9.64 Å². The topological polar surface area (TPSA) is 70.4 Å². The summed E-state index contributed by atoms with van der Waals surface area (Å²) in [5.74, 6) is -1.06. The molecule has 0 saturated carbocycles. The highest BCUT2D eigenvalue weighted by Gasteiger charge is 2.19. The molecule has 2 aromatic rings. The first-order valence-corrected chi connectivity index (χ1v) is 9.81. The van der Waals surface area contributed by atoms with Crippen LogP contribution >= 0.6 is 23.4 Å². The van der Waals surface area contributed by atoms with E-state index in [9.17, 15) is 9.59 Å². The summed E-state index contributed by atoms with van der Waals surface area (Å²) in [6, 6.07) is 14.4. The first-order valence-electron chi connectivity index (χ1n) is 8.21. The maximum absolute atomic E-state index is 12.6. The molecule has 0 spiro atoms. The summed E-state index contributed by atoms with van der Waals surface area (Å²) < 4.78 is 5.17. The molecule has 0 fully saturated rings. The number of rotatable bonds is 7.